The summed E-state index contributed by atoms with van der Waals surface area (Å²) in [5, 5.41) is 10.3. The number of rotatable bonds is 2. The lowest BCUT2D eigenvalue weighted by Crippen LogP contribution is -1.99. The summed E-state index contributed by atoms with van der Waals surface area (Å²) in [5.74, 6) is 0. The molecule has 84 valence electrons. The van der Waals surface area contributed by atoms with E-state index in [-0.39, 0.29) is 0 Å². The number of halogens is 2. The second-order valence-corrected chi connectivity index (χ2v) is 6.96. The number of benzene rings is 1. The molecule has 1 heterocycles. The molecule has 0 saturated heterocycles. The van der Waals surface area contributed by atoms with E-state index in [9.17, 15) is 5.11 Å². The van der Waals surface area contributed by atoms with Crippen LogP contribution in [-0.4, -0.2) is 5.11 Å². The Bertz CT molecular complexity index is 507. The summed E-state index contributed by atoms with van der Waals surface area (Å²) in [6, 6.07) is 9.85. The van der Waals surface area contributed by atoms with Crippen LogP contribution >= 0.6 is 43.2 Å². The molecule has 2 aromatic rings. The molecular weight excluding hydrogens is 352 g/mol. The van der Waals surface area contributed by atoms with Crippen molar-refractivity contribution in [2.45, 2.75) is 13.0 Å². The van der Waals surface area contributed by atoms with Crippen molar-refractivity contribution < 1.29 is 5.11 Å². The molecule has 0 amide bonds. The minimum Gasteiger partial charge on any atom is -0.383 e. The molecule has 1 nitrogen and oxygen atoms in total. The molecule has 0 fully saturated rings. The Hall–Kier alpha value is -0.160. The van der Waals surface area contributed by atoms with Crippen molar-refractivity contribution in [2.75, 3.05) is 0 Å². The molecule has 2 rings (SSSR count). The highest BCUT2D eigenvalue weighted by molar-refractivity contribution is 9.11. The smallest absolute Gasteiger partial charge is 0.114 e. The summed E-state index contributed by atoms with van der Waals surface area (Å²) in [7, 11) is 0. The zero-order valence-electron chi connectivity index (χ0n) is 8.58. The molecule has 0 aliphatic carbocycles. The lowest BCUT2D eigenvalue weighted by molar-refractivity contribution is 0.223. The summed E-state index contributed by atoms with van der Waals surface area (Å²) >= 11 is 8.39. The highest BCUT2D eigenvalue weighted by Gasteiger charge is 2.15. The summed E-state index contributed by atoms with van der Waals surface area (Å²) in [6.45, 7) is 2.01. The van der Waals surface area contributed by atoms with Gasteiger partial charge in [0.1, 0.15) is 6.10 Å². The van der Waals surface area contributed by atoms with Gasteiger partial charge in [0.25, 0.3) is 0 Å². The van der Waals surface area contributed by atoms with Gasteiger partial charge < -0.3 is 5.11 Å². The molecular formula is C12H10Br2OS. The summed E-state index contributed by atoms with van der Waals surface area (Å²) in [4.78, 5) is 0.952. The van der Waals surface area contributed by atoms with Crippen LogP contribution in [0.4, 0.5) is 0 Å². The van der Waals surface area contributed by atoms with Gasteiger partial charge in [0, 0.05) is 9.35 Å². The van der Waals surface area contributed by atoms with Gasteiger partial charge in [-0.25, -0.2) is 0 Å². The van der Waals surface area contributed by atoms with Crippen molar-refractivity contribution in [3.05, 3.63) is 54.6 Å². The summed E-state index contributed by atoms with van der Waals surface area (Å²) in [6.07, 6.45) is -0.547. The quantitative estimate of drug-likeness (QED) is 0.824. The lowest BCUT2D eigenvalue weighted by atomic mass is 10.0. The van der Waals surface area contributed by atoms with E-state index in [1.807, 2.05) is 37.3 Å². The Morgan fingerprint density at radius 2 is 1.94 bits per heavy atom. The topological polar surface area (TPSA) is 20.2 Å². The first kappa shape index (κ1) is 12.3. The normalized spacial score (nSPS) is 12.8. The van der Waals surface area contributed by atoms with Gasteiger partial charge in [-0.2, -0.15) is 0 Å². The first-order chi connectivity index (χ1) is 7.58. The standard InChI is InChI=1S/C12H10Br2OS/c1-7-2-3-8(13)6-9(7)12(15)10-4-5-11(14)16-10/h2-6,12,15H,1H3. The van der Waals surface area contributed by atoms with Crippen LogP contribution in [0, 0.1) is 6.92 Å². The Morgan fingerprint density at radius 1 is 1.19 bits per heavy atom. The van der Waals surface area contributed by atoms with Crippen LogP contribution in [0.2, 0.25) is 0 Å². The van der Waals surface area contributed by atoms with Gasteiger partial charge in [0.05, 0.1) is 3.79 Å². The highest BCUT2D eigenvalue weighted by Crippen LogP contribution is 2.33. The zero-order valence-corrected chi connectivity index (χ0v) is 12.6. The van der Waals surface area contributed by atoms with Crippen molar-refractivity contribution in [2.24, 2.45) is 0 Å². The van der Waals surface area contributed by atoms with Crippen LogP contribution in [0.1, 0.15) is 22.1 Å². The second-order valence-electron chi connectivity index (χ2n) is 3.55. The first-order valence-corrected chi connectivity index (χ1v) is 7.17. The molecule has 1 N–H and O–H groups in total. The minimum atomic E-state index is -0.547. The SMILES string of the molecule is Cc1ccc(Br)cc1C(O)c1ccc(Br)s1. The zero-order chi connectivity index (χ0) is 11.7. The maximum atomic E-state index is 10.3. The van der Waals surface area contributed by atoms with Gasteiger partial charge >= 0.3 is 0 Å². The maximum Gasteiger partial charge on any atom is 0.114 e. The Balaban J connectivity index is 2.40. The predicted octanol–water partition coefficient (Wildman–Crippen LogP) is 4.66. The monoisotopic (exact) mass is 360 g/mol. The minimum absolute atomic E-state index is 0.547. The third kappa shape index (κ3) is 2.56. The molecule has 0 saturated carbocycles. The highest BCUT2D eigenvalue weighted by atomic mass is 79.9. The summed E-state index contributed by atoms with van der Waals surface area (Å²) < 4.78 is 2.02. The van der Waals surface area contributed by atoms with Gasteiger partial charge in [-0.15, -0.1) is 11.3 Å². The fraction of sp³-hybridized carbons (Fsp3) is 0.167. The average molecular weight is 362 g/mol. The molecule has 1 atom stereocenters. The van der Waals surface area contributed by atoms with Crippen molar-refractivity contribution in [3.8, 4) is 0 Å². The van der Waals surface area contributed by atoms with Crippen LogP contribution in [0.25, 0.3) is 0 Å². The molecule has 1 aromatic heterocycles. The molecule has 4 heteroatoms. The molecule has 16 heavy (non-hydrogen) atoms. The van der Waals surface area contributed by atoms with Crippen LogP contribution in [-0.2, 0) is 0 Å². The molecule has 0 aliphatic heterocycles. The average Bonchev–Trinajstić information content (AvgIpc) is 2.67. The van der Waals surface area contributed by atoms with E-state index in [4.69, 9.17) is 0 Å². The lowest BCUT2D eigenvalue weighted by Gasteiger charge is -2.12. The van der Waals surface area contributed by atoms with Crippen molar-refractivity contribution in [1.29, 1.82) is 0 Å². The first-order valence-electron chi connectivity index (χ1n) is 4.77. The molecule has 1 unspecified atom stereocenters. The van der Waals surface area contributed by atoms with Crippen LogP contribution in [0.15, 0.2) is 38.6 Å². The number of aliphatic hydroxyl groups excluding tert-OH is 1. The largest absolute Gasteiger partial charge is 0.383 e. The maximum absolute atomic E-state index is 10.3. The van der Waals surface area contributed by atoms with Crippen molar-refractivity contribution in [3.63, 3.8) is 0 Å². The van der Waals surface area contributed by atoms with E-state index < -0.39 is 6.10 Å². The van der Waals surface area contributed by atoms with Gasteiger partial charge in [-0.1, -0.05) is 22.0 Å². The van der Waals surface area contributed by atoms with E-state index >= 15 is 0 Å². The molecule has 0 radical (unpaired) electrons. The van der Waals surface area contributed by atoms with Gasteiger partial charge in [-0.3, -0.25) is 0 Å². The van der Waals surface area contributed by atoms with E-state index in [0.29, 0.717) is 0 Å². The van der Waals surface area contributed by atoms with Gasteiger partial charge in [-0.05, 0) is 58.2 Å². The number of aliphatic hydroxyl groups is 1. The molecule has 1 aromatic carbocycles. The third-order valence-corrected chi connectivity index (χ3v) is 4.57. The predicted molar refractivity (Wildman–Crippen MR) is 75.0 cm³/mol. The van der Waals surface area contributed by atoms with E-state index in [2.05, 4.69) is 31.9 Å². The number of hydrogen-bond donors (Lipinski definition) is 1. The van der Waals surface area contributed by atoms with E-state index in [0.717, 1.165) is 24.3 Å². The molecule has 0 bridgehead atoms. The molecule has 0 spiro atoms. The molecule has 0 aliphatic rings. The fourth-order valence-electron chi connectivity index (χ4n) is 1.53. The Labute approximate surface area is 115 Å². The van der Waals surface area contributed by atoms with E-state index in [1.165, 1.54) is 0 Å². The van der Waals surface area contributed by atoms with Gasteiger partial charge in [0.2, 0.25) is 0 Å². The van der Waals surface area contributed by atoms with Crippen molar-refractivity contribution in [1.82, 2.24) is 0 Å². The van der Waals surface area contributed by atoms with Crippen molar-refractivity contribution >= 4 is 43.2 Å². The van der Waals surface area contributed by atoms with Crippen LogP contribution in [0.3, 0.4) is 0 Å². The Morgan fingerprint density at radius 3 is 2.56 bits per heavy atom. The number of hydrogen-bond acceptors (Lipinski definition) is 2. The summed E-state index contributed by atoms with van der Waals surface area (Å²) in [5.41, 5.74) is 2.05. The second kappa shape index (κ2) is 5.00. The van der Waals surface area contributed by atoms with Crippen LogP contribution < -0.4 is 0 Å². The Kier molecular flexibility index (Phi) is 3.85. The van der Waals surface area contributed by atoms with Crippen LogP contribution in [0.5, 0.6) is 0 Å². The van der Waals surface area contributed by atoms with Gasteiger partial charge in [0.15, 0.2) is 0 Å². The fourth-order valence-corrected chi connectivity index (χ4v) is 3.34. The number of thiophene rings is 1. The number of aryl methyl sites for hydroxylation is 1. The third-order valence-electron chi connectivity index (χ3n) is 2.40. The van der Waals surface area contributed by atoms with E-state index in [1.54, 1.807) is 11.3 Å².